The normalized spacial score (nSPS) is 27.8. The van der Waals surface area contributed by atoms with Crippen LogP contribution in [0.25, 0.3) is 0 Å². The SMILES string of the molecule is CC[C@H]1O[C@@H](c2cn(CCC(=O)NCCCC(=O)CCCCOC3OC(COC(C)=O)C(C)C(C)C3C)c(=O)[nH]c2=O)C(O[Si](C)(C)C(C)(C)C)[C@H]1O. The van der Waals surface area contributed by atoms with E-state index in [1.165, 1.54) is 17.7 Å². The van der Waals surface area contributed by atoms with Gasteiger partial charge in [0.2, 0.25) is 5.91 Å². The fraction of sp³-hybridized carbons (Fsp3) is 0.816. The first kappa shape index (κ1) is 44.7. The highest BCUT2D eigenvalue weighted by Crippen LogP contribution is 2.43. The van der Waals surface area contributed by atoms with Gasteiger partial charge in [-0.05, 0) is 55.7 Å². The molecular weight excluding hydrogens is 703 g/mol. The van der Waals surface area contributed by atoms with Crippen LogP contribution in [0.4, 0.5) is 0 Å². The number of aliphatic hydroxyl groups excluding tert-OH is 1. The second kappa shape index (κ2) is 19.8. The highest BCUT2D eigenvalue weighted by atomic mass is 28.4. The van der Waals surface area contributed by atoms with Gasteiger partial charge < -0.3 is 33.8 Å². The van der Waals surface area contributed by atoms with Crippen LogP contribution in [-0.2, 0) is 44.3 Å². The predicted octanol–water partition coefficient (Wildman–Crippen LogP) is 4.38. The highest BCUT2D eigenvalue weighted by molar-refractivity contribution is 6.74. The molecule has 3 N–H and O–H groups in total. The molecule has 0 radical (unpaired) electrons. The van der Waals surface area contributed by atoms with Crippen molar-refractivity contribution < 1.29 is 42.9 Å². The zero-order valence-electron chi connectivity index (χ0n) is 33.5. The number of esters is 1. The van der Waals surface area contributed by atoms with Gasteiger partial charge in [0.15, 0.2) is 14.6 Å². The number of aromatic nitrogens is 2. The standard InChI is InChI=1S/C38H65N3O11Si/c1-11-29-32(45)34(52-53(9,10)38(6,7)8)33(50-29)28-21-41(37(47)40-35(28)46)19-17-31(44)39-18-14-16-27(43)15-12-13-20-48-36-25(4)23(2)24(3)30(51-36)22-49-26(5)42/h21,23-25,29-30,32-34,36,45H,11-20,22H2,1-10H3,(H,39,44)(H,40,46,47)/t23?,24?,25?,29-,30?,32+,33+,34?,36?/m1/s1. The molecule has 302 valence electrons. The van der Waals surface area contributed by atoms with Crippen LogP contribution >= 0.6 is 0 Å². The minimum absolute atomic E-state index is 0.0134. The lowest BCUT2D eigenvalue weighted by molar-refractivity contribution is -0.255. The van der Waals surface area contributed by atoms with Gasteiger partial charge in [0.25, 0.3) is 5.56 Å². The third-order valence-corrected chi connectivity index (χ3v) is 15.9. The number of nitrogens with one attached hydrogen (secondary N) is 2. The number of ether oxygens (including phenoxy) is 4. The Morgan fingerprint density at radius 3 is 2.30 bits per heavy atom. The highest BCUT2D eigenvalue weighted by Gasteiger charge is 2.50. The molecule has 2 saturated heterocycles. The summed E-state index contributed by atoms with van der Waals surface area (Å²) < 4.78 is 31.3. The second-order valence-corrected chi connectivity index (χ2v) is 21.1. The van der Waals surface area contributed by atoms with Crippen LogP contribution in [0, 0.1) is 17.8 Å². The minimum atomic E-state index is -2.37. The van der Waals surface area contributed by atoms with E-state index in [1.54, 1.807) is 0 Å². The Labute approximate surface area is 315 Å². The van der Waals surface area contributed by atoms with Crippen molar-refractivity contribution in [2.24, 2.45) is 17.8 Å². The molecule has 2 aliphatic heterocycles. The number of aliphatic hydroxyl groups is 1. The van der Waals surface area contributed by atoms with Crippen molar-refractivity contribution in [2.45, 2.75) is 162 Å². The number of nitrogens with zero attached hydrogens (tertiary/aromatic N) is 1. The largest absolute Gasteiger partial charge is 0.463 e. The average Bonchev–Trinajstić information content (AvgIpc) is 3.38. The molecule has 3 heterocycles. The molecule has 14 nitrogen and oxygen atoms in total. The van der Waals surface area contributed by atoms with Gasteiger partial charge in [-0.1, -0.05) is 48.5 Å². The van der Waals surface area contributed by atoms with Crippen molar-refractivity contribution >= 4 is 26.0 Å². The summed E-state index contributed by atoms with van der Waals surface area (Å²) in [4.78, 5) is 64.4. The number of rotatable bonds is 19. The van der Waals surface area contributed by atoms with Gasteiger partial charge in [0.05, 0.1) is 17.8 Å². The number of hydrogen-bond donors (Lipinski definition) is 3. The summed E-state index contributed by atoms with van der Waals surface area (Å²) in [5.74, 6) is 0.225. The van der Waals surface area contributed by atoms with Crippen molar-refractivity contribution in [1.29, 1.82) is 0 Å². The van der Waals surface area contributed by atoms with Gasteiger partial charge in [0.1, 0.15) is 30.7 Å². The monoisotopic (exact) mass is 767 g/mol. The van der Waals surface area contributed by atoms with Crippen molar-refractivity contribution in [3.8, 4) is 0 Å². The Bertz CT molecular complexity index is 1490. The van der Waals surface area contributed by atoms with E-state index >= 15 is 0 Å². The van der Waals surface area contributed by atoms with E-state index in [9.17, 15) is 29.1 Å². The lowest BCUT2D eigenvalue weighted by Gasteiger charge is -2.43. The molecule has 1 aromatic heterocycles. The summed E-state index contributed by atoms with van der Waals surface area (Å²) in [6.07, 6.45) is 0.781. The van der Waals surface area contributed by atoms with Crippen LogP contribution in [0.2, 0.25) is 18.1 Å². The molecule has 6 unspecified atom stereocenters. The molecule has 53 heavy (non-hydrogen) atoms. The van der Waals surface area contributed by atoms with E-state index in [2.05, 4.69) is 64.9 Å². The lowest BCUT2D eigenvalue weighted by atomic mass is 9.79. The van der Waals surface area contributed by atoms with Crippen LogP contribution in [-0.4, -0.2) is 91.1 Å². The molecule has 0 saturated carbocycles. The maximum Gasteiger partial charge on any atom is 0.328 e. The molecule has 3 rings (SSSR count). The van der Waals surface area contributed by atoms with Crippen molar-refractivity contribution in [3.05, 3.63) is 32.6 Å². The molecule has 0 bridgehead atoms. The molecule has 15 heteroatoms. The summed E-state index contributed by atoms with van der Waals surface area (Å²) in [5.41, 5.74) is -1.10. The van der Waals surface area contributed by atoms with Gasteiger partial charge >= 0.3 is 11.7 Å². The summed E-state index contributed by atoms with van der Waals surface area (Å²) in [7, 11) is -2.37. The van der Waals surface area contributed by atoms with E-state index in [-0.39, 0.29) is 65.8 Å². The average molecular weight is 768 g/mol. The fourth-order valence-corrected chi connectivity index (χ4v) is 7.80. The summed E-state index contributed by atoms with van der Waals surface area (Å²) in [5, 5.41) is 13.8. The molecule has 2 aliphatic rings. The van der Waals surface area contributed by atoms with Gasteiger partial charge in [-0.3, -0.25) is 28.7 Å². The van der Waals surface area contributed by atoms with Gasteiger partial charge in [-0.15, -0.1) is 0 Å². The lowest BCUT2D eigenvalue weighted by Crippen LogP contribution is -2.48. The van der Waals surface area contributed by atoms with E-state index in [4.69, 9.17) is 23.4 Å². The number of carbonyl (C=O) groups is 3. The van der Waals surface area contributed by atoms with Gasteiger partial charge in [0, 0.05) is 58.0 Å². The number of aromatic amines is 1. The molecular formula is C38H65N3O11Si. The molecule has 2 fully saturated rings. The third kappa shape index (κ3) is 12.4. The number of carbonyl (C=O) groups excluding carboxylic acids is 3. The van der Waals surface area contributed by atoms with Gasteiger partial charge in [-0.2, -0.15) is 0 Å². The number of aryl methyl sites for hydroxylation is 1. The third-order valence-electron chi connectivity index (χ3n) is 11.4. The smallest absolute Gasteiger partial charge is 0.328 e. The van der Waals surface area contributed by atoms with Crippen LogP contribution in [0.5, 0.6) is 0 Å². The molecule has 0 spiro atoms. The molecule has 1 aromatic rings. The number of amides is 1. The Morgan fingerprint density at radius 2 is 1.66 bits per heavy atom. The number of H-pyrrole nitrogens is 1. The Kier molecular flexibility index (Phi) is 16.7. The molecule has 9 atom stereocenters. The number of ketones is 1. The zero-order chi connectivity index (χ0) is 39.7. The van der Waals surface area contributed by atoms with Crippen LogP contribution < -0.4 is 16.6 Å². The first-order valence-corrected chi connectivity index (χ1v) is 22.2. The molecule has 0 aliphatic carbocycles. The summed E-state index contributed by atoms with van der Waals surface area (Å²) in [6.45, 7) is 21.0. The molecule has 1 amide bonds. The minimum Gasteiger partial charge on any atom is -0.463 e. The first-order chi connectivity index (χ1) is 24.8. The molecule has 0 aromatic carbocycles. The van der Waals surface area contributed by atoms with E-state index in [0.29, 0.717) is 57.6 Å². The first-order valence-electron chi connectivity index (χ1n) is 19.3. The Hall–Kier alpha value is -2.69. The van der Waals surface area contributed by atoms with Crippen molar-refractivity contribution in [2.75, 3.05) is 19.8 Å². The van der Waals surface area contributed by atoms with E-state index < -0.39 is 50.3 Å². The Balaban J connectivity index is 1.41. The predicted molar refractivity (Wildman–Crippen MR) is 202 cm³/mol. The number of Topliss-reactive ketones (excluding diaryl/α,β-unsaturated/α-hetero) is 1. The maximum atomic E-state index is 13.0. The fourth-order valence-electron chi connectivity index (χ4n) is 6.51. The Morgan fingerprint density at radius 1 is 0.981 bits per heavy atom. The number of unbranched alkanes of at least 4 members (excludes halogenated alkanes) is 1. The van der Waals surface area contributed by atoms with Crippen molar-refractivity contribution in [3.63, 3.8) is 0 Å². The van der Waals surface area contributed by atoms with Crippen LogP contribution in [0.1, 0.15) is 112 Å². The maximum absolute atomic E-state index is 13.0. The van der Waals surface area contributed by atoms with Crippen molar-refractivity contribution in [1.82, 2.24) is 14.9 Å². The summed E-state index contributed by atoms with van der Waals surface area (Å²) in [6, 6.07) is 0. The zero-order valence-corrected chi connectivity index (χ0v) is 34.5. The second-order valence-electron chi connectivity index (χ2n) is 16.4. The van der Waals surface area contributed by atoms with E-state index in [0.717, 1.165) is 0 Å². The van der Waals surface area contributed by atoms with E-state index in [1.807, 2.05) is 6.92 Å². The van der Waals surface area contributed by atoms with Gasteiger partial charge in [-0.25, -0.2) is 4.79 Å². The summed E-state index contributed by atoms with van der Waals surface area (Å²) >= 11 is 0. The van der Waals surface area contributed by atoms with Crippen LogP contribution in [0.3, 0.4) is 0 Å². The number of hydrogen-bond acceptors (Lipinski definition) is 11. The topological polar surface area (TPSA) is 184 Å². The van der Waals surface area contributed by atoms with Crippen LogP contribution in [0.15, 0.2) is 15.8 Å². The quantitative estimate of drug-likeness (QED) is 0.103.